The van der Waals surface area contributed by atoms with E-state index < -0.39 is 6.10 Å². The first kappa shape index (κ1) is 20.9. The molecule has 0 unspecified atom stereocenters. The Hall–Kier alpha value is -1.39. The van der Waals surface area contributed by atoms with E-state index in [0.717, 1.165) is 38.5 Å². The van der Waals surface area contributed by atoms with Crippen LogP contribution in [0.4, 0.5) is 0 Å². The van der Waals surface area contributed by atoms with E-state index in [2.05, 4.69) is 23.8 Å². The second-order valence-corrected chi connectivity index (χ2v) is 7.62. The molecule has 0 aromatic carbocycles. The van der Waals surface area contributed by atoms with Crippen LogP contribution < -0.4 is 0 Å². The molecule has 4 heteroatoms. The van der Waals surface area contributed by atoms with Crippen LogP contribution >= 0.6 is 0 Å². The van der Waals surface area contributed by atoms with E-state index in [4.69, 9.17) is 0 Å². The van der Waals surface area contributed by atoms with Crippen molar-refractivity contribution in [1.29, 1.82) is 0 Å². The minimum Gasteiger partial charge on any atom is -0.469 e. The summed E-state index contributed by atoms with van der Waals surface area (Å²) in [4.78, 5) is 11.1. The third-order valence-electron chi connectivity index (χ3n) is 5.64. The van der Waals surface area contributed by atoms with Gasteiger partial charge in [0.2, 0.25) is 0 Å². The number of carbonyl (C=O) groups excluding carboxylic acids is 1. The predicted molar refractivity (Wildman–Crippen MR) is 103 cm³/mol. The first-order chi connectivity index (χ1) is 12.5. The molecule has 4 nitrogen and oxygen atoms in total. The summed E-state index contributed by atoms with van der Waals surface area (Å²) in [6.07, 6.45) is 16.6. The van der Waals surface area contributed by atoms with Gasteiger partial charge in [-0.2, -0.15) is 0 Å². The molecule has 0 bridgehead atoms. The van der Waals surface area contributed by atoms with Gasteiger partial charge in [-0.1, -0.05) is 62.1 Å². The number of fused-ring (bicyclic) bond motifs is 1. The van der Waals surface area contributed by atoms with E-state index in [-0.39, 0.29) is 18.0 Å². The van der Waals surface area contributed by atoms with Gasteiger partial charge in [0.25, 0.3) is 0 Å². The van der Waals surface area contributed by atoms with Crippen molar-refractivity contribution < 1.29 is 19.7 Å². The van der Waals surface area contributed by atoms with E-state index in [1.807, 2.05) is 18.2 Å². The van der Waals surface area contributed by atoms with Crippen molar-refractivity contribution in [1.82, 2.24) is 0 Å². The van der Waals surface area contributed by atoms with Gasteiger partial charge in [-0.3, -0.25) is 4.79 Å². The lowest BCUT2D eigenvalue weighted by atomic mass is 9.89. The quantitative estimate of drug-likeness (QED) is 0.351. The monoisotopic (exact) mass is 362 g/mol. The van der Waals surface area contributed by atoms with Gasteiger partial charge in [0.15, 0.2) is 0 Å². The number of aliphatic hydroxyl groups excluding tert-OH is 2. The van der Waals surface area contributed by atoms with Gasteiger partial charge >= 0.3 is 5.97 Å². The molecule has 0 spiro atoms. The molecule has 0 aromatic heterocycles. The van der Waals surface area contributed by atoms with E-state index in [1.165, 1.54) is 12.7 Å². The number of ether oxygens (including phenoxy) is 1. The van der Waals surface area contributed by atoms with Crippen molar-refractivity contribution in [3.05, 3.63) is 36.0 Å². The normalized spacial score (nSPS) is 29.3. The molecule has 2 aliphatic rings. The van der Waals surface area contributed by atoms with E-state index >= 15 is 0 Å². The molecule has 0 aromatic rings. The van der Waals surface area contributed by atoms with Crippen molar-refractivity contribution in [2.45, 2.75) is 70.5 Å². The van der Waals surface area contributed by atoms with Gasteiger partial charge in [-0.05, 0) is 37.5 Å². The summed E-state index contributed by atoms with van der Waals surface area (Å²) in [5, 5.41) is 20.5. The molecule has 26 heavy (non-hydrogen) atoms. The lowest BCUT2D eigenvalue weighted by Gasteiger charge is -2.18. The van der Waals surface area contributed by atoms with Crippen LogP contribution in [0.15, 0.2) is 36.0 Å². The van der Waals surface area contributed by atoms with Crippen molar-refractivity contribution in [2.24, 2.45) is 17.8 Å². The number of methoxy groups -OCH3 is 1. The zero-order valence-electron chi connectivity index (χ0n) is 16.1. The fourth-order valence-electron chi connectivity index (χ4n) is 4.16. The minimum atomic E-state index is -0.403. The first-order valence-corrected chi connectivity index (χ1v) is 10.0. The molecule has 5 atom stereocenters. The van der Waals surface area contributed by atoms with Crippen LogP contribution in [0.5, 0.6) is 0 Å². The number of hydrogen-bond donors (Lipinski definition) is 2. The second kappa shape index (κ2) is 10.7. The summed E-state index contributed by atoms with van der Waals surface area (Å²) in [6, 6.07) is 0. The number of esters is 1. The molecule has 1 fully saturated rings. The average molecular weight is 363 g/mol. The Morgan fingerprint density at radius 1 is 1.42 bits per heavy atom. The van der Waals surface area contributed by atoms with Gasteiger partial charge in [-0.15, -0.1) is 0 Å². The van der Waals surface area contributed by atoms with Gasteiger partial charge in [0.1, 0.15) is 0 Å². The second-order valence-electron chi connectivity index (χ2n) is 7.62. The Morgan fingerprint density at radius 3 is 2.96 bits per heavy atom. The lowest BCUT2D eigenvalue weighted by Crippen LogP contribution is -2.17. The molecular weight excluding hydrogens is 328 g/mol. The summed E-state index contributed by atoms with van der Waals surface area (Å²) in [5.74, 6) is 0.775. The molecule has 0 radical (unpaired) electrons. The SMILES string of the molecule is CCCCC[C@@H](O)C=C[C@H]1[C@H]2CC(C=CCCC(=O)OC)=C[C@H]2C[C@H]1O. The van der Waals surface area contributed by atoms with Crippen LogP contribution in [0, 0.1) is 17.8 Å². The van der Waals surface area contributed by atoms with Crippen molar-refractivity contribution in [3.8, 4) is 0 Å². The Bertz CT molecular complexity index is 534. The van der Waals surface area contributed by atoms with Crippen LogP contribution in [-0.4, -0.2) is 35.5 Å². The number of hydrogen-bond acceptors (Lipinski definition) is 4. The Morgan fingerprint density at radius 2 is 2.23 bits per heavy atom. The molecule has 0 aliphatic heterocycles. The molecule has 0 amide bonds. The van der Waals surface area contributed by atoms with Gasteiger partial charge in [0, 0.05) is 12.3 Å². The van der Waals surface area contributed by atoms with E-state index in [0.29, 0.717) is 24.7 Å². The summed E-state index contributed by atoms with van der Waals surface area (Å²) in [5.41, 5.74) is 1.29. The van der Waals surface area contributed by atoms with Crippen LogP contribution in [-0.2, 0) is 9.53 Å². The molecule has 2 aliphatic carbocycles. The standard InChI is InChI=1S/C22H34O4/c1-3-4-5-9-18(23)11-12-19-20-14-16(13-17(20)15-21(19)24)8-6-7-10-22(25)26-2/h6,8,11-13,17-21,23-24H,3-5,7,9-10,14-15H2,1-2H3/t17-,18+,19-,20-,21+/m0/s1. The highest BCUT2D eigenvalue weighted by molar-refractivity contribution is 5.69. The maximum atomic E-state index is 11.1. The first-order valence-electron chi connectivity index (χ1n) is 10.0. The predicted octanol–water partition coefficient (Wildman–Crippen LogP) is 3.94. The largest absolute Gasteiger partial charge is 0.469 e. The number of allylic oxidation sites excluding steroid dienone is 4. The fourth-order valence-corrected chi connectivity index (χ4v) is 4.16. The van der Waals surface area contributed by atoms with Crippen molar-refractivity contribution in [2.75, 3.05) is 7.11 Å². The molecule has 0 saturated heterocycles. The molecule has 1 saturated carbocycles. The highest BCUT2D eigenvalue weighted by Crippen LogP contribution is 2.47. The summed E-state index contributed by atoms with van der Waals surface area (Å²) < 4.78 is 4.64. The van der Waals surface area contributed by atoms with E-state index in [9.17, 15) is 15.0 Å². The van der Waals surface area contributed by atoms with Gasteiger partial charge in [-0.25, -0.2) is 0 Å². The van der Waals surface area contributed by atoms with Crippen LogP contribution in [0.1, 0.15) is 58.3 Å². The Kier molecular flexibility index (Phi) is 8.60. The average Bonchev–Trinajstić information content (AvgIpc) is 3.13. The summed E-state index contributed by atoms with van der Waals surface area (Å²) >= 11 is 0. The number of aliphatic hydroxyl groups is 2. The van der Waals surface area contributed by atoms with Gasteiger partial charge in [0.05, 0.1) is 19.3 Å². The van der Waals surface area contributed by atoms with E-state index in [1.54, 1.807) is 0 Å². The highest BCUT2D eigenvalue weighted by Gasteiger charge is 2.42. The van der Waals surface area contributed by atoms with Gasteiger partial charge < -0.3 is 14.9 Å². The van der Waals surface area contributed by atoms with Crippen molar-refractivity contribution in [3.63, 3.8) is 0 Å². The zero-order valence-corrected chi connectivity index (χ0v) is 16.1. The lowest BCUT2D eigenvalue weighted by molar-refractivity contribution is -0.140. The van der Waals surface area contributed by atoms with Crippen LogP contribution in [0.2, 0.25) is 0 Å². The smallest absolute Gasteiger partial charge is 0.305 e. The summed E-state index contributed by atoms with van der Waals surface area (Å²) in [6.45, 7) is 2.16. The highest BCUT2D eigenvalue weighted by atomic mass is 16.5. The summed E-state index contributed by atoms with van der Waals surface area (Å²) in [7, 11) is 1.41. The Labute approximate surface area is 157 Å². The zero-order chi connectivity index (χ0) is 18.9. The van der Waals surface area contributed by atoms with Crippen LogP contribution in [0.3, 0.4) is 0 Å². The minimum absolute atomic E-state index is 0.123. The molecule has 0 heterocycles. The molecule has 2 N–H and O–H groups in total. The fraction of sp³-hybridized carbons (Fsp3) is 0.682. The molecule has 146 valence electrons. The van der Waals surface area contributed by atoms with Crippen LogP contribution in [0.25, 0.3) is 0 Å². The number of unbranched alkanes of at least 4 members (excludes halogenated alkanes) is 2. The third-order valence-corrected chi connectivity index (χ3v) is 5.64. The van der Waals surface area contributed by atoms with Crippen molar-refractivity contribution >= 4 is 5.97 Å². The maximum Gasteiger partial charge on any atom is 0.305 e. The Balaban J connectivity index is 1.83. The number of carbonyl (C=O) groups is 1. The number of rotatable bonds is 10. The maximum absolute atomic E-state index is 11.1. The topological polar surface area (TPSA) is 66.8 Å². The third kappa shape index (κ3) is 6.10. The molecular formula is C22H34O4. The molecule has 2 rings (SSSR count).